The Morgan fingerprint density at radius 3 is 2.74 bits per heavy atom. The number of benzene rings is 1. The van der Waals surface area contributed by atoms with Crippen molar-refractivity contribution in [2.75, 3.05) is 26.0 Å². The van der Waals surface area contributed by atoms with Crippen LogP contribution >= 0.6 is 0 Å². The number of anilines is 1. The number of carbonyl (C=O) groups is 1. The number of likely N-dealkylation sites (N-methyl/N-ethyl adjacent to an activating group) is 1. The monoisotopic (exact) mass is 411 g/mol. The molecule has 0 unspecified atom stereocenters. The molecule has 0 atom stereocenters. The Kier molecular flexibility index (Phi) is 4.68. The van der Waals surface area contributed by atoms with Gasteiger partial charge < -0.3 is 15.2 Å². The van der Waals surface area contributed by atoms with Gasteiger partial charge in [0.2, 0.25) is 5.91 Å². The smallest absolute Gasteiger partial charge is 0.238 e. The van der Waals surface area contributed by atoms with Gasteiger partial charge in [-0.3, -0.25) is 19.9 Å². The molecule has 0 aliphatic carbocycles. The van der Waals surface area contributed by atoms with Crippen LogP contribution in [0.15, 0.2) is 61.2 Å². The summed E-state index contributed by atoms with van der Waals surface area (Å²) in [4.78, 5) is 25.8. The second kappa shape index (κ2) is 7.66. The van der Waals surface area contributed by atoms with Gasteiger partial charge in [0.25, 0.3) is 0 Å². The molecule has 0 saturated heterocycles. The molecule has 4 aromatic heterocycles. The number of aromatic nitrogens is 5. The van der Waals surface area contributed by atoms with E-state index in [0.29, 0.717) is 12.2 Å². The van der Waals surface area contributed by atoms with Crippen molar-refractivity contribution in [3.05, 3.63) is 61.2 Å². The van der Waals surface area contributed by atoms with E-state index in [1.807, 2.05) is 43.3 Å². The fraction of sp³-hybridized carbons (Fsp3) is 0.130. The summed E-state index contributed by atoms with van der Waals surface area (Å²) in [5, 5.41) is 12.6. The van der Waals surface area contributed by atoms with E-state index in [2.05, 4.69) is 42.6 Å². The first-order valence-electron chi connectivity index (χ1n) is 9.88. The van der Waals surface area contributed by atoms with Crippen molar-refractivity contribution in [3.8, 4) is 22.5 Å². The predicted molar refractivity (Wildman–Crippen MR) is 122 cm³/mol. The Bertz CT molecular complexity index is 1370. The molecule has 4 heterocycles. The first-order chi connectivity index (χ1) is 15.1. The van der Waals surface area contributed by atoms with E-state index < -0.39 is 0 Å². The number of aromatic amines is 2. The van der Waals surface area contributed by atoms with Gasteiger partial charge in [-0.05, 0) is 50.0 Å². The molecule has 0 radical (unpaired) electrons. The lowest BCUT2D eigenvalue weighted by atomic mass is 10.0. The molecule has 1 amide bonds. The number of nitrogens with zero attached hydrogens (tertiary/aromatic N) is 4. The van der Waals surface area contributed by atoms with E-state index in [9.17, 15) is 4.79 Å². The first-order valence-corrected chi connectivity index (χ1v) is 9.88. The van der Waals surface area contributed by atoms with Gasteiger partial charge in [0, 0.05) is 28.7 Å². The van der Waals surface area contributed by atoms with Crippen LogP contribution in [0.2, 0.25) is 0 Å². The third-order valence-electron chi connectivity index (χ3n) is 5.06. The number of hydrogen-bond acceptors (Lipinski definition) is 5. The lowest BCUT2D eigenvalue weighted by Gasteiger charge is -2.11. The van der Waals surface area contributed by atoms with Crippen molar-refractivity contribution in [2.45, 2.75) is 0 Å². The molecule has 0 aliphatic rings. The Morgan fingerprint density at radius 2 is 1.90 bits per heavy atom. The number of pyridine rings is 2. The number of carbonyl (C=O) groups excluding carboxylic acids is 1. The fourth-order valence-electron chi connectivity index (χ4n) is 3.65. The van der Waals surface area contributed by atoms with Crippen LogP contribution in [0.4, 0.5) is 5.69 Å². The third kappa shape index (κ3) is 3.76. The van der Waals surface area contributed by atoms with Crippen molar-refractivity contribution in [2.24, 2.45) is 0 Å². The molecule has 0 fully saturated rings. The molecule has 5 aromatic rings. The highest BCUT2D eigenvalue weighted by Crippen LogP contribution is 2.32. The summed E-state index contributed by atoms with van der Waals surface area (Å²) in [5.41, 5.74) is 6.25. The molecule has 0 saturated carbocycles. The summed E-state index contributed by atoms with van der Waals surface area (Å²) in [7, 11) is 3.71. The van der Waals surface area contributed by atoms with E-state index in [-0.39, 0.29) is 5.91 Å². The van der Waals surface area contributed by atoms with Crippen LogP contribution in [0.25, 0.3) is 44.3 Å². The molecule has 0 spiro atoms. The largest absolute Gasteiger partial charge is 0.352 e. The molecule has 1 aromatic carbocycles. The quantitative estimate of drug-likeness (QED) is 0.410. The zero-order chi connectivity index (χ0) is 21.4. The van der Waals surface area contributed by atoms with Gasteiger partial charge in [-0.2, -0.15) is 5.10 Å². The molecular weight excluding hydrogens is 390 g/mol. The summed E-state index contributed by atoms with van der Waals surface area (Å²) >= 11 is 0. The maximum atomic E-state index is 12.1. The normalized spacial score (nSPS) is 11.5. The zero-order valence-electron chi connectivity index (χ0n) is 17.2. The van der Waals surface area contributed by atoms with Crippen LogP contribution in [0.3, 0.4) is 0 Å². The molecule has 154 valence electrons. The molecule has 5 rings (SSSR count). The van der Waals surface area contributed by atoms with E-state index in [4.69, 9.17) is 0 Å². The van der Waals surface area contributed by atoms with E-state index in [0.717, 1.165) is 44.3 Å². The maximum absolute atomic E-state index is 12.1. The summed E-state index contributed by atoms with van der Waals surface area (Å²) < 4.78 is 0. The molecule has 0 bridgehead atoms. The molecule has 0 aliphatic heterocycles. The van der Waals surface area contributed by atoms with E-state index in [1.54, 1.807) is 24.8 Å². The van der Waals surface area contributed by atoms with Crippen molar-refractivity contribution in [1.82, 2.24) is 30.0 Å². The van der Waals surface area contributed by atoms with Gasteiger partial charge in [0.05, 0.1) is 41.4 Å². The Balaban J connectivity index is 1.51. The SMILES string of the molecule is CN(C)CC(=O)Nc1cncc(-c2ccc3[nH]nc(-c4cc5ccncc5[nH]4)c3c2)c1. The number of fused-ring (bicyclic) bond motifs is 2. The summed E-state index contributed by atoms with van der Waals surface area (Å²) in [5.74, 6) is -0.0789. The highest BCUT2D eigenvalue weighted by molar-refractivity contribution is 5.98. The van der Waals surface area contributed by atoms with E-state index >= 15 is 0 Å². The topological polar surface area (TPSA) is 103 Å². The number of amides is 1. The van der Waals surface area contributed by atoms with Gasteiger partial charge in [-0.15, -0.1) is 0 Å². The van der Waals surface area contributed by atoms with Crippen LogP contribution in [0.5, 0.6) is 0 Å². The molecule has 3 N–H and O–H groups in total. The predicted octanol–water partition coefficient (Wildman–Crippen LogP) is 3.67. The van der Waals surface area contributed by atoms with Crippen LogP contribution in [0, 0.1) is 0 Å². The van der Waals surface area contributed by atoms with Gasteiger partial charge >= 0.3 is 0 Å². The number of rotatable bonds is 5. The molecule has 31 heavy (non-hydrogen) atoms. The second-order valence-corrected chi connectivity index (χ2v) is 7.73. The minimum Gasteiger partial charge on any atom is -0.352 e. The van der Waals surface area contributed by atoms with Crippen LogP contribution < -0.4 is 5.32 Å². The molecule has 8 heteroatoms. The Labute approximate surface area is 178 Å². The van der Waals surface area contributed by atoms with Crippen LogP contribution in [-0.2, 0) is 4.79 Å². The average Bonchev–Trinajstić information content (AvgIpc) is 3.36. The maximum Gasteiger partial charge on any atom is 0.238 e. The highest BCUT2D eigenvalue weighted by atomic mass is 16.2. The van der Waals surface area contributed by atoms with Crippen LogP contribution in [-0.4, -0.2) is 56.6 Å². The fourth-order valence-corrected chi connectivity index (χ4v) is 3.65. The summed E-state index contributed by atoms with van der Waals surface area (Å²) in [6, 6.07) is 12.1. The Morgan fingerprint density at radius 1 is 1.00 bits per heavy atom. The van der Waals surface area contributed by atoms with Crippen molar-refractivity contribution < 1.29 is 4.79 Å². The van der Waals surface area contributed by atoms with E-state index in [1.165, 1.54) is 0 Å². The summed E-state index contributed by atoms with van der Waals surface area (Å²) in [6.45, 7) is 0.314. The zero-order valence-corrected chi connectivity index (χ0v) is 17.2. The second-order valence-electron chi connectivity index (χ2n) is 7.73. The number of nitrogens with one attached hydrogen (secondary N) is 3. The lowest BCUT2D eigenvalue weighted by molar-refractivity contribution is -0.116. The number of H-pyrrole nitrogens is 2. The van der Waals surface area contributed by atoms with Gasteiger partial charge in [0.1, 0.15) is 5.69 Å². The van der Waals surface area contributed by atoms with Gasteiger partial charge in [0.15, 0.2) is 0 Å². The van der Waals surface area contributed by atoms with Crippen molar-refractivity contribution in [3.63, 3.8) is 0 Å². The molecule has 8 nitrogen and oxygen atoms in total. The Hall–Kier alpha value is -4.04. The third-order valence-corrected chi connectivity index (χ3v) is 5.06. The van der Waals surface area contributed by atoms with Gasteiger partial charge in [-0.1, -0.05) is 6.07 Å². The average molecular weight is 411 g/mol. The minimum atomic E-state index is -0.0789. The standard InChI is InChI=1S/C23H21N7O/c1-30(2)13-22(31)26-17-7-16(10-25-11-17)14-3-4-19-18(8-14)23(29-28-19)20-9-15-5-6-24-12-21(15)27-20/h3-12,27H,13H2,1-2H3,(H,26,31)(H,28,29). The van der Waals surface area contributed by atoms with Crippen molar-refractivity contribution in [1.29, 1.82) is 0 Å². The highest BCUT2D eigenvalue weighted by Gasteiger charge is 2.13. The summed E-state index contributed by atoms with van der Waals surface area (Å²) in [6.07, 6.45) is 7.02. The minimum absolute atomic E-state index is 0.0789. The molecular formula is C23H21N7O. The lowest BCUT2D eigenvalue weighted by Crippen LogP contribution is -2.27. The van der Waals surface area contributed by atoms with Crippen molar-refractivity contribution >= 4 is 33.4 Å². The first kappa shape index (κ1) is 19.0. The van der Waals surface area contributed by atoms with Gasteiger partial charge in [-0.25, -0.2) is 0 Å². The number of hydrogen-bond donors (Lipinski definition) is 3. The van der Waals surface area contributed by atoms with Crippen LogP contribution in [0.1, 0.15) is 0 Å².